The minimum Gasteiger partial charge on any atom is -0.550 e. The molecule has 13 heavy (non-hydrogen) atoms. The predicted molar refractivity (Wildman–Crippen MR) is 38.1 cm³/mol. The van der Waals surface area contributed by atoms with Crippen molar-refractivity contribution in [1.29, 1.82) is 0 Å². The molecule has 0 radical (unpaired) electrons. The van der Waals surface area contributed by atoms with Gasteiger partial charge in [-0.05, 0) is 18.8 Å². The lowest BCUT2D eigenvalue weighted by atomic mass is 9.80. The molecule has 0 aromatic rings. The lowest BCUT2D eigenvalue weighted by Gasteiger charge is -2.24. The molecule has 3 rings (SSSR count). The summed E-state index contributed by atoms with van der Waals surface area (Å²) in [6, 6.07) is 0. The monoisotopic (exact) mass is 181 g/mol. The summed E-state index contributed by atoms with van der Waals surface area (Å²) in [5.41, 5.74) is 0. The molecular weight excluding hydrogens is 172 g/mol. The molecule has 0 amide bonds. The van der Waals surface area contributed by atoms with Crippen LogP contribution >= 0.6 is 0 Å². The smallest absolute Gasteiger partial charge is 0.310 e. The molecule has 1 aliphatic heterocycles. The first-order valence-corrected chi connectivity index (χ1v) is 4.60. The summed E-state index contributed by atoms with van der Waals surface area (Å²) in [6.45, 7) is 0. The number of hydrogen-bond acceptors (Lipinski definition) is 4. The van der Waals surface area contributed by atoms with E-state index in [0.29, 0.717) is 0 Å². The van der Waals surface area contributed by atoms with Crippen LogP contribution in [0, 0.1) is 23.7 Å². The van der Waals surface area contributed by atoms with Gasteiger partial charge in [0.1, 0.15) is 6.10 Å². The van der Waals surface area contributed by atoms with Gasteiger partial charge >= 0.3 is 5.97 Å². The summed E-state index contributed by atoms with van der Waals surface area (Å²) in [5.74, 6) is -2.07. The molecule has 5 atom stereocenters. The molecule has 0 unspecified atom stereocenters. The van der Waals surface area contributed by atoms with Crippen molar-refractivity contribution in [2.75, 3.05) is 0 Å². The lowest BCUT2D eigenvalue weighted by molar-refractivity contribution is -0.314. The van der Waals surface area contributed by atoms with Gasteiger partial charge in [0, 0.05) is 17.8 Å². The zero-order valence-corrected chi connectivity index (χ0v) is 6.93. The third-order valence-corrected chi connectivity index (χ3v) is 3.76. The average molecular weight is 181 g/mol. The molecule has 4 heteroatoms. The third-order valence-electron chi connectivity index (χ3n) is 3.76. The number of carboxylic acid groups (broad SMARTS) is 1. The Labute approximate surface area is 74.9 Å². The summed E-state index contributed by atoms with van der Waals surface area (Å²) in [7, 11) is 0. The quantitative estimate of drug-likeness (QED) is 0.483. The van der Waals surface area contributed by atoms with E-state index in [1.807, 2.05) is 0 Å². The van der Waals surface area contributed by atoms with Gasteiger partial charge in [0.15, 0.2) is 0 Å². The zero-order valence-electron chi connectivity index (χ0n) is 6.93. The van der Waals surface area contributed by atoms with E-state index in [1.165, 1.54) is 0 Å². The summed E-state index contributed by atoms with van der Waals surface area (Å²) >= 11 is 0. The number of carbonyl (C=O) groups excluding carboxylic acids is 2. The minimum atomic E-state index is -1.07. The fourth-order valence-corrected chi connectivity index (χ4v) is 3.33. The van der Waals surface area contributed by atoms with Gasteiger partial charge < -0.3 is 14.6 Å². The standard InChI is InChI=1S/C9H10O4/c10-8(11)6-3-1-4-5(2-3)13-9(12)7(4)6/h3-7H,1-2H2,(H,10,11)/p-1/t3-,4+,5+,6-,7+/m1/s1. The van der Waals surface area contributed by atoms with Crippen LogP contribution in [-0.2, 0) is 14.3 Å². The molecule has 0 aromatic heterocycles. The van der Waals surface area contributed by atoms with Crippen molar-refractivity contribution in [2.24, 2.45) is 23.7 Å². The summed E-state index contributed by atoms with van der Waals surface area (Å²) < 4.78 is 5.09. The maximum absolute atomic E-state index is 11.3. The summed E-state index contributed by atoms with van der Waals surface area (Å²) in [6.07, 6.45) is 1.57. The third kappa shape index (κ3) is 0.716. The Morgan fingerprint density at radius 1 is 1.46 bits per heavy atom. The molecule has 70 valence electrons. The van der Waals surface area contributed by atoms with Crippen LogP contribution in [0.15, 0.2) is 0 Å². The molecule has 0 N–H and O–H groups in total. The number of aliphatic carboxylic acids is 1. The molecule has 0 aromatic carbocycles. The minimum absolute atomic E-state index is 0.0121. The number of hydrogen-bond donors (Lipinski definition) is 0. The molecule has 1 saturated heterocycles. The highest BCUT2D eigenvalue weighted by Crippen LogP contribution is 2.57. The normalized spacial score (nSPS) is 51.1. The number of carboxylic acids is 1. The highest BCUT2D eigenvalue weighted by molar-refractivity contribution is 5.84. The van der Waals surface area contributed by atoms with Crippen molar-refractivity contribution in [1.82, 2.24) is 0 Å². The van der Waals surface area contributed by atoms with Crippen molar-refractivity contribution >= 4 is 11.9 Å². The Morgan fingerprint density at radius 3 is 2.92 bits per heavy atom. The fourth-order valence-electron chi connectivity index (χ4n) is 3.33. The maximum Gasteiger partial charge on any atom is 0.310 e. The van der Waals surface area contributed by atoms with E-state index in [1.54, 1.807) is 0 Å². The average Bonchev–Trinajstić information content (AvgIpc) is 2.60. The number of carbonyl (C=O) groups is 2. The van der Waals surface area contributed by atoms with Crippen molar-refractivity contribution in [2.45, 2.75) is 18.9 Å². The molecular formula is C9H9O4-. The van der Waals surface area contributed by atoms with Crippen LogP contribution in [0.5, 0.6) is 0 Å². The first-order chi connectivity index (χ1) is 6.18. The van der Waals surface area contributed by atoms with Crippen LogP contribution in [-0.4, -0.2) is 18.0 Å². The lowest BCUT2D eigenvalue weighted by Crippen LogP contribution is -2.40. The molecule has 2 saturated carbocycles. The summed E-state index contributed by atoms with van der Waals surface area (Å²) in [4.78, 5) is 22.1. The number of rotatable bonds is 1. The van der Waals surface area contributed by atoms with Crippen LogP contribution in [0.25, 0.3) is 0 Å². The van der Waals surface area contributed by atoms with Gasteiger partial charge in [-0.15, -0.1) is 0 Å². The molecule has 1 heterocycles. The Kier molecular flexibility index (Phi) is 1.16. The van der Waals surface area contributed by atoms with Gasteiger partial charge in [0.2, 0.25) is 0 Å². The van der Waals surface area contributed by atoms with Crippen LogP contribution in [0.3, 0.4) is 0 Å². The van der Waals surface area contributed by atoms with E-state index in [0.717, 1.165) is 12.8 Å². The van der Waals surface area contributed by atoms with E-state index in [-0.39, 0.29) is 23.9 Å². The SMILES string of the molecule is O=C([O-])[C@@H]1[C@@H]2C[C@@H]3[C@@H]1C(=O)O[C@H]3C2. The Bertz CT molecular complexity index is 296. The van der Waals surface area contributed by atoms with Gasteiger partial charge in [0.25, 0.3) is 0 Å². The highest BCUT2D eigenvalue weighted by Gasteiger charge is 2.62. The van der Waals surface area contributed by atoms with Crippen LogP contribution in [0.4, 0.5) is 0 Å². The second kappa shape index (κ2) is 2.05. The molecule has 2 aliphatic carbocycles. The number of ether oxygens (including phenoxy) is 1. The van der Waals surface area contributed by atoms with E-state index in [2.05, 4.69) is 0 Å². The Morgan fingerprint density at radius 2 is 2.23 bits per heavy atom. The van der Waals surface area contributed by atoms with E-state index >= 15 is 0 Å². The van der Waals surface area contributed by atoms with E-state index in [9.17, 15) is 14.7 Å². The molecule has 2 bridgehead atoms. The van der Waals surface area contributed by atoms with Gasteiger partial charge in [-0.2, -0.15) is 0 Å². The Hall–Kier alpha value is -1.06. The zero-order chi connectivity index (χ0) is 9.16. The molecule has 3 fully saturated rings. The molecule has 3 aliphatic rings. The van der Waals surface area contributed by atoms with E-state index in [4.69, 9.17) is 4.74 Å². The molecule has 4 nitrogen and oxygen atoms in total. The second-order valence-electron chi connectivity index (χ2n) is 4.24. The van der Waals surface area contributed by atoms with Gasteiger partial charge in [0.05, 0.1) is 5.92 Å². The largest absolute Gasteiger partial charge is 0.550 e. The van der Waals surface area contributed by atoms with E-state index < -0.39 is 17.8 Å². The van der Waals surface area contributed by atoms with Crippen LogP contribution in [0.1, 0.15) is 12.8 Å². The van der Waals surface area contributed by atoms with Crippen molar-refractivity contribution in [3.05, 3.63) is 0 Å². The van der Waals surface area contributed by atoms with Crippen LogP contribution < -0.4 is 5.11 Å². The summed E-state index contributed by atoms with van der Waals surface area (Å²) in [5, 5.41) is 10.8. The topological polar surface area (TPSA) is 66.4 Å². The maximum atomic E-state index is 11.3. The Balaban J connectivity index is 2.01. The first-order valence-electron chi connectivity index (χ1n) is 4.60. The number of fused-ring (bicyclic) bond motifs is 1. The highest BCUT2D eigenvalue weighted by atomic mass is 16.6. The van der Waals surface area contributed by atoms with Crippen molar-refractivity contribution in [3.8, 4) is 0 Å². The van der Waals surface area contributed by atoms with Crippen LogP contribution in [0.2, 0.25) is 0 Å². The first kappa shape index (κ1) is 7.35. The van der Waals surface area contributed by atoms with Gasteiger partial charge in [-0.3, -0.25) is 4.79 Å². The second-order valence-corrected chi connectivity index (χ2v) is 4.24. The van der Waals surface area contributed by atoms with Gasteiger partial charge in [-0.25, -0.2) is 0 Å². The fraction of sp³-hybridized carbons (Fsp3) is 0.778. The van der Waals surface area contributed by atoms with Crippen molar-refractivity contribution < 1.29 is 19.4 Å². The van der Waals surface area contributed by atoms with Gasteiger partial charge in [-0.1, -0.05) is 0 Å². The van der Waals surface area contributed by atoms with Crippen molar-refractivity contribution in [3.63, 3.8) is 0 Å². The molecule has 0 spiro atoms. The number of esters is 1. The predicted octanol–water partition coefficient (Wildman–Crippen LogP) is -1.07.